The molecule has 0 atom stereocenters. The molecule has 108 valence electrons. The molecule has 0 saturated carbocycles. The van der Waals surface area contributed by atoms with Gasteiger partial charge in [-0.1, -0.05) is 18.2 Å². The lowest BCUT2D eigenvalue weighted by molar-refractivity contribution is 0.415. The minimum absolute atomic E-state index is 0.227. The highest BCUT2D eigenvalue weighted by Gasteiger charge is 2.15. The average molecular weight is 302 g/mol. The first kappa shape index (κ1) is 13.6. The first-order chi connectivity index (χ1) is 9.99. The van der Waals surface area contributed by atoms with Crippen LogP contribution in [0.15, 0.2) is 47.4 Å². The molecule has 2 aromatic carbocycles. The van der Waals surface area contributed by atoms with Gasteiger partial charge < -0.3 is 9.72 Å². The smallest absolute Gasteiger partial charge is 0.177 e. The summed E-state index contributed by atoms with van der Waals surface area (Å²) in [6, 6.07) is 12.5. The van der Waals surface area contributed by atoms with Crippen LogP contribution in [0, 0.1) is 0 Å². The molecule has 0 fully saturated rings. The third kappa shape index (κ3) is 2.50. The highest BCUT2D eigenvalue weighted by Crippen LogP contribution is 2.27. The summed E-state index contributed by atoms with van der Waals surface area (Å²) >= 11 is 0. The number of fused-ring (bicyclic) bond motifs is 1. The number of hydrogen-bond donors (Lipinski definition) is 1. The van der Waals surface area contributed by atoms with Gasteiger partial charge in [0.05, 0.1) is 17.5 Å². The molecule has 3 rings (SSSR count). The average Bonchev–Trinajstić information content (AvgIpc) is 2.90. The lowest BCUT2D eigenvalue weighted by atomic mass is 10.2. The van der Waals surface area contributed by atoms with Gasteiger partial charge in [-0.3, -0.25) is 0 Å². The zero-order valence-electron chi connectivity index (χ0n) is 11.6. The van der Waals surface area contributed by atoms with Gasteiger partial charge in [0.1, 0.15) is 17.1 Å². The van der Waals surface area contributed by atoms with Crippen LogP contribution in [0.3, 0.4) is 0 Å². The summed E-state index contributed by atoms with van der Waals surface area (Å²) in [4.78, 5) is 7.81. The minimum Gasteiger partial charge on any atom is -0.497 e. The Morgan fingerprint density at radius 2 is 1.90 bits per heavy atom. The van der Waals surface area contributed by atoms with E-state index in [0.717, 1.165) is 11.3 Å². The van der Waals surface area contributed by atoms with Crippen molar-refractivity contribution in [3.63, 3.8) is 0 Å². The number of H-pyrrole nitrogens is 1. The molecule has 1 heterocycles. The lowest BCUT2D eigenvalue weighted by Crippen LogP contribution is -1.97. The van der Waals surface area contributed by atoms with Crippen molar-refractivity contribution >= 4 is 20.9 Å². The number of ether oxygens (including phenoxy) is 1. The number of hydrogen-bond acceptors (Lipinski definition) is 4. The van der Waals surface area contributed by atoms with Crippen molar-refractivity contribution in [2.45, 2.75) is 4.90 Å². The van der Waals surface area contributed by atoms with Crippen molar-refractivity contribution in [2.24, 2.45) is 0 Å². The largest absolute Gasteiger partial charge is 0.497 e. The van der Waals surface area contributed by atoms with E-state index >= 15 is 0 Å². The summed E-state index contributed by atoms with van der Waals surface area (Å²) in [5, 5.41) is 0. The number of aromatic nitrogens is 2. The topological polar surface area (TPSA) is 72.0 Å². The van der Waals surface area contributed by atoms with Crippen molar-refractivity contribution in [1.82, 2.24) is 9.97 Å². The summed E-state index contributed by atoms with van der Waals surface area (Å²) < 4.78 is 28.8. The van der Waals surface area contributed by atoms with E-state index in [1.807, 2.05) is 24.3 Å². The second kappa shape index (κ2) is 4.89. The molecule has 1 N–H and O–H groups in total. The molecule has 0 spiro atoms. The number of methoxy groups -OCH3 is 1. The van der Waals surface area contributed by atoms with E-state index in [-0.39, 0.29) is 4.90 Å². The Balaban J connectivity index is 2.22. The van der Waals surface area contributed by atoms with E-state index in [1.54, 1.807) is 25.3 Å². The predicted molar refractivity (Wildman–Crippen MR) is 81.2 cm³/mol. The molecule has 0 unspecified atom stereocenters. The number of rotatable bonds is 3. The molecule has 0 radical (unpaired) electrons. The SMILES string of the molecule is COc1cccc(-c2nc3c(S(C)(=O)=O)cccc3[nH]2)c1. The zero-order valence-corrected chi connectivity index (χ0v) is 12.4. The van der Waals surface area contributed by atoms with Gasteiger partial charge in [0.25, 0.3) is 0 Å². The number of nitrogens with zero attached hydrogens (tertiary/aromatic N) is 1. The predicted octanol–water partition coefficient (Wildman–Crippen LogP) is 2.64. The van der Waals surface area contributed by atoms with Crippen LogP contribution in [0.4, 0.5) is 0 Å². The lowest BCUT2D eigenvalue weighted by Gasteiger charge is -2.01. The summed E-state index contributed by atoms with van der Waals surface area (Å²) in [7, 11) is -1.72. The second-order valence-electron chi connectivity index (χ2n) is 4.74. The Hall–Kier alpha value is -2.34. The summed E-state index contributed by atoms with van der Waals surface area (Å²) in [5.74, 6) is 1.33. The van der Waals surface area contributed by atoms with Gasteiger partial charge in [-0.2, -0.15) is 0 Å². The fraction of sp³-hybridized carbons (Fsp3) is 0.133. The molecule has 0 aliphatic carbocycles. The molecular weight excluding hydrogens is 288 g/mol. The van der Waals surface area contributed by atoms with E-state index in [1.165, 1.54) is 6.26 Å². The van der Waals surface area contributed by atoms with Crippen LogP contribution in [0.2, 0.25) is 0 Å². The number of nitrogens with one attached hydrogen (secondary N) is 1. The molecule has 0 saturated heterocycles. The van der Waals surface area contributed by atoms with Crippen LogP contribution in [-0.4, -0.2) is 31.8 Å². The quantitative estimate of drug-likeness (QED) is 0.807. The number of sulfone groups is 1. The van der Waals surface area contributed by atoms with E-state index in [0.29, 0.717) is 16.9 Å². The van der Waals surface area contributed by atoms with E-state index in [4.69, 9.17) is 4.74 Å². The maximum atomic E-state index is 11.8. The molecule has 0 bridgehead atoms. The van der Waals surface area contributed by atoms with Crippen LogP contribution in [-0.2, 0) is 9.84 Å². The Morgan fingerprint density at radius 1 is 1.14 bits per heavy atom. The Morgan fingerprint density at radius 3 is 2.62 bits per heavy atom. The van der Waals surface area contributed by atoms with Crippen molar-refractivity contribution < 1.29 is 13.2 Å². The molecule has 0 amide bonds. The van der Waals surface area contributed by atoms with E-state index < -0.39 is 9.84 Å². The van der Waals surface area contributed by atoms with Crippen LogP contribution in [0.1, 0.15) is 0 Å². The maximum Gasteiger partial charge on any atom is 0.177 e. The van der Waals surface area contributed by atoms with Gasteiger partial charge >= 0.3 is 0 Å². The standard InChI is InChI=1S/C15H14N2O3S/c1-20-11-6-3-5-10(9-11)15-16-12-7-4-8-13(14(12)17-15)21(2,18)19/h3-9H,1-2H3,(H,16,17). The third-order valence-electron chi connectivity index (χ3n) is 3.22. The molecule has 3 aromatic rings. The van der Waals surface area contributed by atoms with E-state index in [9.17, 15) is 8.42 Å². The van der Waals surface area contributed by atoms with Crippen LogP contribution >= 0.6 is 0 Å². The fourth-order valence-corrected chi connectivity index (χ4v) is 3.04. The normalized spacial score (nSPS) is 11.7. The first-order valence-electron chi connectivity index (χ1n) is 6.32. The van der Waals surface area contributed by atoms with Crippen molar-refractivity contribution in [1.29, 1.82) is 0 Å². The Bertz CT molecular complexity index is 914. The maximum absolute atomic E-state index is 11.8. The minimum atomic E-state index is -3.32. The Labute approximate surface area is 122 Å². The molecule has 5 nitrogen and oxygen atoms in total. The van der Waals surface area contributed by atoms with Crippen molar-refractivity contribution in [2.75, 3.05) is 13.4 Å². The van der Waals surface area contributed by atoms with Gasteiger partial charge in [-0.05, 0) is 24.3 Å². The second-order valence-corrected chi connectivity index (χ2v) is 6.73. The highest BCUT2D eigenvalue weighted by molar-refractivity contribution is 7.91. The van der Waals surface area contributed by atoms with Gasteiger partial charge in [0.2, 0.25) is 0 Å². The monoisotopic (exact) mass is 302 g/mol. The van der Waals surface area contributed by atoms with Crippen LogP contribution in [0.25, 0.3) is 22.4 Å². The highest BCUT2D eigenvalue weighted by atomic mass is 32.2. The molecule has 0 aliphatic rings. The molecule has 1 aromatic heterocycles. The van der Waals surface area contributed by atoms with Crippen molar-refractivity contribution in [3.05, 3.63) is 42.5 Å². The van der Waals surface area contributed by atoms with Crippen LogP contribution < -0.4 is 4.74 Å². The van der Waals surface area contributed by atoms with Gasteiger partial charge in [0, 0.05) is 11.8 Å². The van der Waals surface area contributed by atoms with E-state index in [2.05, 4.69) is 9.97 Å². The molecule has 6 heteroatoms. The number of benzene rings is 2. The Kier molecular flexibility index (Phi) is 3.17. The van der Waals surface area contributed by atoms with Gasteiger partial charge in [-0.25, -0.2) is 13.4 Å². The number of imidazole rings is 1. The molecular formula is C15H14N2O3S. The summed E-state index contributed by atoms with van der Waals surface area (Å²) in [5.41, 5.74) is 1.98. The van der Waals surface area contributed by atoms with Crippen molar-refractivity contribution in [3.8, 4) is 17.1 Å². The van der Waals surface area contributed by atoms with Gasteiger partial charge in [-0.15, -0.1) is 0 Å². The number of para-hydroxylation sites is 1. The fourth-order valence-electron chi connectivity index (χ4n) is 2.21. The number of aromatic amines is 1. The molecule has 21 heavy (non-hydrogen) atoms. The summed E-state index contributed by atoms with van der Waals surface area (Å²) in [6.07, 6.45) is 1.18. The van der Waals surface area contributed by atoms with Crippen LogP contribution in [0.5, 0.6) is 5.75 Å². The molecule has 0 aliphatic heterocycles. The third-order valence-corrected chi connectivity index (χ3v) is 4.35. The summed E-state index contributed by atoms with van der Waals surface area (Å²) in [6.45, 7) is 0. The first-order valence-corrected chi connectivity index (χ1v) is 8.21. The zero-order chi connectivity index (χ0) is 15.0. The van der Waals surface area contributed by atoms with Gasteiger partial charge in [0.15, 0.2) is 9.84 Å².